The lowest BCUT2D eigenvalue weighted by molar-refractivity contribution is 0.00209. The highest BCUT2D eigenvalue weighted by atomic mass is 19.1. The number of primary amides is 1. The van der Waals surface area contributed by atoms with E-state index in [2.05, 4.69) is 20.4 Å². The number of aromatic nitrogens is 4. The zero-order chi connectivity index (χ0) is 21.8. The molecule has 2 unspecified atom stereocenters. The largest absolute Gasteiger partial charge is 0.379 e. The first-order valence-corrected chi connectivity index (χ1v) is 10.9. The number of aryl methyl sites for hydroxylation is 1. The van der Waals surface area contributed by atoms with E-state index in [-0.39, 0.29) is 5.54 Å². The number of nitrogens with zero attached hydrogens (tertiary/aromatic N) is 4. The van der Waals surface area contributed by atoms with E-state index in [0.29, 0.717) is 11.5 Å². The minimum absolute atomic E-state index is 0.143. The normalized spacial score (nSPS) is 27.9. The van der Waals surface area contributed by atoms with Gasteiger partial charge in [-0.15, -0.1) is 0 Å². The number of nitrogens with one attached hydrogen (secondary N) is 1. The first-order valence-electron chi connectivity index (χ1n) is 10.9. The molecule has 8 heteroatoms. The Labute approximate surface area is 180 Å². The maximum atomic E-state index is 11.9. The van der Waals surface area contributed by atoms with Crippen LogP contribution in [0.1, 0.15) is 54.9 Å². The first kappa shape index (κ1) is 19.9. The molecule has 0 radical (unpaired) electrons. The predicted molar refractivity (Wildman–Crippen MR) is 116 cm³/mol. The maximum absolute atomic E-state index is 11.9. The topological polar surface area (TPSA) is 98.2 Å². The van der Waals surface area contributed by atoms with Crippen molar-refractivity contribution in [1.82, 2.24) is 19.6 Å². The summed E-state index contributed by atoms with van der Waals surface area (Å²) < 4.78 is 13.6. The van der Waals surface area contributed by atoms with E-state index in [1.165, 1.54) is 19.3 Å². The molecule has 0 spiro atoms. The molecule has 2 bridgehead atoms. The number of amides is 1. The van der Waals surface area contributed by atoms with Crippen molar-refractivity contribution in [1.29, 1.82) is 0 Å². The SMILES string of the molecule is CC1CCC1F.Cc1cnc2c(-c3cc(NC45CC(C4)C5)c(C(N)=O)cn3)cnn2c1. The molecule has 3 aromatic heterocycles. The van der Waals surface area contributed by atoms with E-state index >= 15 is 0 Å². The Morgan fingerprint density at radius 3 is 2.52 bits per heavy atom. The number of rotatable bonds is 4. The van der Waals surface area contributed by atoms with Crippen LogP contribution in [0.3, 0.4) is 0 Å². The molecule has 4 saturated carbocycles. The van der Waals surface area contributed by atoms with E-state index in [4.69, 9.17) is 5.73 Å². The minimum atomic E-state index is -0.471. The van der Waals surface area contributed by atoms with Gasteiger partial charge >= 0.3 is 0 Å². The Kier molecular flexibility index (Phi) is 4.68. The Balaban J connectivity index is 0.000000296. The smallest absolute Gasteiger partial charge is 0.252 e. The average molecular weight is 423 g/mol. The number of anilines is 1. The molecule has 31 heavy (non-hydrogen) atoms. The number of fused-ring (bicyclic) bond motifs is 1. The number of pyridine rings is 1. The van der Waals surface area contributed by atoms with E-state index < -0.39 is 12.1 Å². The molecule has 2 atom stereocenters. The molecular weight excluding hydrogens is 395 g/mol. The van der Waals surface area contributed by atoms with Gasteiger partial charge in [-0.2, -0.15) is 5.10 Å². The van der Waals surface area contributed by atoms with Gasteiger partial charge in [0.2, 0.25) is 0 Å². The van der Waals surface area contributed by atoms with Gasteiger partial charge in [0.05, 0.1) is 28.7 Å². The van der Waals surface area contributed by atoms with Gasteiger partial charge in [0.1, 0.15) is 6.17 Å². The van der Waals surface area contributed by atoms with Crippen LogP contribution in [0.4, 0.5) is 10.1 Å². The highest BCUT2D eigenvalue weighted by molar-refractivity contribution is 5.99. The molecule has 0 aromatic carbocycles. The van der Waals surface area contributed by atoms with Gasteiger partial charge in [0.25, 0.3) is 5.91 Å². The first-order chi connectivity index (χ1) is 14.8. The summed E-state index contributed by atoms with van der Waals surface area (Å²) in [5.74, 6) is 0.740. The molecule has 4 aliphatic carbocycles. The van der Waals surface area contributed by atoms with Crippen LogP contribution >= 0.6 is 0 Å². The lowest BCUT2D eigenvalue weighted by Gasteiger charge is -2.62. The molecule has 1 amide bonds. The summed E-state index contributed by atoms with van der Waals surface area (Å²) in [5.41, 5.74) is 10.2. The van der Waals surface area contributed by atoms with E-state index in [0.717, 1.165) is 46.9 Å². The summed E-state index contributed by atoms with van der Waals surface area (Å²) in [6, 6.07) is 1.89. The summed E-state index contributed by atoms with van der Waals surface area (Å²) in [7, 11) is 0. The van der Waals surface area contributed by atoms with Gasteiger partial charge in [0, 0.05) is 24.1 Å². The fourth-order valence-electron chi connectivity index (χ4n) is 4.59. The molecule has 3 heterocycles. The van der Waals surface area contributed by atoms with Gasteiger partial charge in [-0.3, -0.25) is 9.78 Å². The Morgan fingerprint density at radius 2 is 1.97 bits per heavy atom. The second-order valence-corrected chi connectivity index (χ2v) is 9.39. The van der Waals surface area contributed by atoms with Crippen LogP contribution < -0.4 is 11.1 Å². The number of hydrogen-bond donors (Lipinski definition) is 2. The van der Waals surface area contributed by atoms with Crippen molar-refractivity contribution in [2.75, 3.05) is 5.32 Å². The average Bonchev–Trinajstić information content (AvgIpc) is 3.11. The second kappa shape index (κ2) is 7.28. The van der Waals surface area contributed by atoms with Crippen molar-refractivity contribution in [2.24, 2.45) is 17.6 Å². The van der Waals surface area contributed by atoms with E-state index in [1.54, 1.807) is 23.1 Å². The summed E-state index contributed by atoms with van der Waals surface area (Å²) in [5, 5.41) is 7.90. The minimum Gasteiger partial charge on any atom is -0.379 e. The van der Waals surface area contributed by atoms with E-state index in [1.807, 2.05) is 26.1 Å². The third-order valence-corrected chi connectivity index (χ3v) is 6.88. The van der Waals surface area contributed by atoms with Crippen LogP contribution in [0.15, 0.2) is 30.9 Å². The number of alkyl halides is 1. The zero-order valence-electron chi connectivity index (χ0n) is 17.8. The number of carbonyl (C=O) groups excluding carboxylic acids is 1. The Morgan fingerprint density at radius 1 is 1.23 bits per heavy atom. The molecule has 0 saturated heterocycles. The van der Waals surface area contributed by atoms with Gasteiger partial charge in [-0.1, -0.05) is 6.92 Å². The van der Waals surface area contributed by atoms with Crippen molar-refractivity contribution in [2.45, 2.75) is 57.7 Å². The molecule has 162 valence electrons. The van der Waals surface area contributed by atoms with Crippen LogP contribution in [0.25, 0.3) is 16.9 Å². The van der Waals surface area contributed by atoms with Crippen LogP contribution in [0.5, 0.6) is 0 Å². The third-order valence-electron chi connectivity index (χ3n) is 6.88. The maximum Gasteiger partial charge on any atom is 0.252 e. The van der Waals surface area contributed by atoms with Gasteiger partial charge in [0.15, 0.2) is 5.65 Å². The number of nitrogens with two attached hydrogens (primary N) is 1. The van der Waals surface area contributed by atoms with E-state index in [9.17, 15) is 9.18 Å². The standard InChI is InChI=1S/C18H18N6O.C5H9F/c1-10-6-21-17-13(8-22-24(17)9-10)14-2-15(12(7-20-14)16(19)25)23-18-3-11(4-18)5-18;1-4-2-3-5(4)6/h2,6-9,11H,3-5H2,1H3,(H2,19,25)(H,20,23);4-5H,2-3H2,1H3. The van der Waals surface area contributed by atoms with Crippen LogP contribution in [-0.2, 0) is 0 Å². The fraction of sp³-hybridized carbons (Fsp3) is 0.478. The molecule has 4 aliphatic rings. The quantitative estimate of drug-likeness (QED) is 0.664. The second-order valence-electron chi connectivity index (χ2n) is 9.39. The predicted octanol–water partition coefficient (Wildman–Crippen LogP) is 3.92. The van der Waals surface area contributed by atoms with Crippen LogP contribution in [0, 0.1) is 18.8 Å². The van der Waals surface area contributed by atoms with Crippen LogP contribution in [-0.4, -0.2) is 37.2 Å². The monoisotopic (exact) mass is 422 g/mol. The van der Waals surface area contributed by atoms with Crippen molar-refractivity contribution in [3.05, 3.63) is 42.0 Å². The zero-order valence-corrected chi connectivity index (χ0v) is 17.8. The molecular formula is C23H27FN6O. The lowest BCUT2D eigenvalue weighted by Crippen LogP contribution is -2.63. The number of halogens is 1. The number of carbonyl (C=O) groups is 1. The summed E-state index contributed by atoms with van der Waals surface area (Å²) >= 11 is 0. The highest BCUT2D eigenvalue weighted by Gasteiger charge is 2.56. The summed E-state index contributed by atoms with van der Waals surface area (Å²) in [6.45, 7) is 3.92. The van der Waals surface area contributed by atoms with Gasteiger partial charge in [-0.05, 0) is 62.5 Å². The lowest BCUT2D eigenvalue weighted by atomic mass is 9.50. The van der Waals surface area contributed by atoms with Gasteiger partial charge < -0.3 is 11.1 Å². The van der Waals surface area contributed by atoms with Crippen molar-refractivity contribution < 1.29 is 9.18 Å². The molecule has 4 fully saturated rings. The summed E-state index contributed by atoms with van der Waals surface area (Å²) in [4.78, 5) is 20.7. The van der Waals surface area contributed by atoms with Crippen LogP contribution in [0.2, 0.25) is 0 Å². The summed E-state index contributed by atoms with van der Waals surface area (Å²) in [6.07, 6.45) is 12.0. The van der Waals surface area contributed by atoms with Crippen molar-refractivity contribution >= 4 is 17.2 Å². The fourth-order valence-corrected chi connectivity index (χ4v) is 4.59. The number of hydrogen-bond acceptors (Lipinski definition) is 5. The highest BCUT2D eigenvalue weighted by Crippen LogP contribution is 2.58. The van der Waals surface area contributed by atoms with Crippen molar-refractivity contribution in [3.63, 3.8) is 0 Å². The Hall–Kier alpha value is -3.03. The van der Waals surface area contributed by atoms with Crippen molar-refractivity contribution in [3.8, 4) is 11.3 Å². The molecule has 7 nitrogen and oxygen atoms in total. The molecule has 3 aromatic rings. The molecule has 3 N–H and O–H groups in total. The Bertz CT molecular complexity index is 1130. The molecule has 0 aliphatic heterocycles. The third kappa shape index (κ3) is 3.54. The van der Waals surface area contributed by atoms with Gasteiger partial charge in [-0.25, -0.2) is 13.9 Å². The molecule has 7 rings (SSSR count).